The van der Waals surface area contributed by atoms with Gasteiger partial charge >= 0.3 is 0 Å². The van der Waals surface area contributed by atoms with Gasteiger partial charge in [0.15, 0.2) is 0 Å². The Balaban J connectivity index is 2.37. The topological polar surface area (TPSA) is 29.3 Å². The minimum Gasteiger partial charge on any atom is -0.364 e. The molecule has 0 bridgehead atoms. The molecule has 0 aliphatic carbocycles. The number of halogens is 1. The molecule has 0 amide bonds. The van der Waals surface area contributed by atoms with Gasteiger partial charge in [-0.2, -0.15) is 0 Å². The monoisotopic (exact) mass is 224 g/mol. The van der Waals surface area contributed by atoms with Gasteiger partial charge in [0.1, 0.15) is 0 Å². The molecule has 0 saturated carbocycles. The predicted octanol–water partition coefficient (Wildman–Crippen LogP) is 2.66. The Morgan fingerprint density at radius 1 is 1.40 bits per heavy atom. The van der Waals surface area contributed by atoms with Gasteiger partial charge in [-0.25, -0.2) is 0 Å². The van der Waals surface area contributed by atoms with Crippen molar-refractivity contribution in [3.63, 3.8) is 0 Å². The van der Waals surface area contributed by atoms with Crippen LogP contribution >= 0.6 is 11.6 Å². The zero-order valence-corrected chi connectivity index (χ0v) is 9.96. The van der Waals surface area contributed by atoms with Gasteiger partial charge in [-0.15, -0.1) is 0 Å². The molecule has 2 N–H and O–H groups in total. The molecule has 3 heteroatoms. The van der Waals surface area contributed by atoms with E-state index in [1.807, 2.05) is 18.2 Å². The number of benzene rings is 1. The molecule has 0 radical (unpaired) electrons. The fraction of sp³-hybridized carbons (Fsp3) is 0.500. The van der Waals surface area contributed by atoms with Gasteiger partial charge in [0, 0.05) is 18.1 Å². The van der Waals surface area contributed by atoms with Crippen molar-refractivity contribution in [1.82, 2.24) is 0 Å². The summed E-state index contributed by atoms with van der Waals surface area (Å²) in [4.78, 5) is 2.31. The van der Waals surface area contributed by atoms with E-state index in [0.29, 0.717) is 0 Å². The highest BCUT2D eigenvalue weighted by molar-refractivity contribution is 6.33. The van der Waals surface area contributed by atoms with Crippen LogP contribution in [-0.4, -0.2) is 18.1 Å². The fourth-order valence-electron chi connectivity index (χ4n) is 2.21. The normalized spacial score (nSPS) is 24.5. The van der Waals surface area contributed by atoms with Crippen LogP contribution in [0.2, 0.25) is 5.02 Å². The van der Waals surface area contributed by atoms with E-state index in [1.165, 1.54) is 0 Å². The van der Waals surface area contributed by atoms with Crippen molar-refractivity contribution in [1.29, 1.82) is 0 Å². The molecule has 2 nitrogen and oxygen atoms in total. The summed E-state index contributed by atoms with van der Waals surface area (Å²) in [7, 11) is 0. The molecule has 0 aromatic heterocycles. The van der Waals surface area contributed by atoms with Crippen LogP contribution in [0.4, 0.5) is 5.69 Å². The van der Waals surface area contributed by atoms with Crippen LogP contribution in [0.3, 0.4) is 0 Å². The molecule has 0 spiro atoms. The highest BCUT2D eigenvalue weighted by atomic mass is 35.5. The van der Waals surface area contributed by atoms with Crippen molar-refractivity contribution in [2.45, 2.75) is 31.8 Å². The smallest absolute Gasteiger partial charge is 0.0639 e. The number of hydrogen-bond donors (Lipinski definition) is 1. The summed E-state index contributed by atoms with van der Waals surface area (Å²) in [6.45, 7) is 5.33. The van der Waals surface area contributed by atoms with Crippen LogP contribution in [0.15, 0.2) is 24.3 Å². The Labute approximate surface area is 96.0 Å². The van der Waals surface area contributed by atoms with Gasteiger partial charge in [0.25, 0.3) is 0 Å². The molecule has 1 fully saturated rings. The van der Waals surface area contributed by atoms with Crippen molar-refractivity contribution in [3.05, 3.63) is 29.3 Å². The van der Waals surface area contributed by atoms with E-state index >= 15 is 0 Å². The molecular formula is C12H17ClN2. The second-order valence-corrected chi connectivity index (χ2v) is 5.06. The number of para-hydroxylation sites is 1. The molecule has 1 atom stereocenters. The van der Waals surface area contributed by atoms with Gasteiger partial charge < -0.3 is 10.6 Å². The molecule has 1 aromatic carbocycles. The number of anilines is 1. The summed E-state index contributed by atoms with van der Waals surface area (Å²) in [5.74, 6) is 0. The van der Waals surface area contributed by atoms with Crippen LogP contribution < -0.4 is 10.6 Å². The first-order valence-corrected chi connectivity index (χ1v) is 5.69. The van der Waals surface area contributed by atoms with E-state index in [0.717, 1.165) is 23.7 Å². The first-order chi connectivity index (χ1) is 7.03. The molecule has 2 rings (SSSR count). The second-order valence-electron chi connectivity index (χ2n) is 4.65. The Kier molecular flexibility index (Phi) is 2.65. The molecule has 82 valence electrons. The Morgan fingerprint density at radius 3 is 2.60 bits per heavy atom. The molecule has 1 aliphatic rings. The highest BCUT2D eigenvalue weighted by Crippen LogP contribution is 2.36. The van der Waals surface area contributed by atoms with Crippen LogP contribution in [0.1, 0.15) is 20.3 Å². The maximum absolute atomic E-state index is 6.20. The van der Waals surface area contributed by atoms with Crippen LogP contribution in [-0.2, 0) is 0 Å². The van der Waals surface area contributed by atoms with Gasteiger partial charge in [0.2, 0.25) is 0 Å². The van der Waals surface area contributed by atoms with Crippen molar-refractivity contribution in [3.8, 4) is 0 Å². The third-order valence-corrected chi connectivity index (χ3v) is 3.73. The molecule has 1 unspecified atom stereocenters. The standard InChI is InChI=1S/C12H17ClN2/c1-12(2)11(14)7-8-15(12)10-6-4-3-5-9(10)13/h3-6,11H,7-8,14H2,1-2H3. The largest absolute Gasteiger partial charge is 0.364 e. The molecule has 1 saturated heterocycles. The SMILES string of the molecule is CC1(C)C(N)CCN1c1ccccc1Cl. The highest BCUT2D eigenvalue weighted by Gasteiger charge is 2.39. The maximum atomic E-state index is 6.20. The number of hydrogen-bond acceptors (Lipinski definition) is 2. The molecule has 1 aliphatic heterocycles. The van der Waals surface area contributed by atoms with E-state index in [2.05, 4.69) is 24.8 Å². The van der Waals surface area contributed by atoms with E-state index in [1.54, 1.807) is 0 Å². The van der Waals surface area contributed by atoms with E-state index in [9.17, 15) is 0 Å². The predicted molar refractivity (Wildman–Crippen MR) is 65.5 cm³/mol. The summed E-state index contributed by atoms with van der Waals surface area (Å²) >= 11 is 6.20. The van der Waals surface area contributed by atoms with Crippen LogP contribution in [0, 0.1) is 0 Å². The van der Waals surface area contributed by atoms with Gasteiger partial charge in [-0.3, -0.25) is 0 Å². The van der Waals surface area contributed by atoms with Crippen LogP contribution in [0.25, 0.3) is 0 Å². The van der Waals surface area contributed by atoms with Crippen LogP contribution in [0.5, 0.6) is 0 Å². The van der Waals surface area contributed by atoms with Gasteiger partial charge in [0.05, 0.1) is 10.7 Å². The zero-order chi connectivity index (χ0) is 11.1. The number of rotatable bonds is 1. The third-order valence-electron chi connectivity index (χ3n) is 3.41. The lowest BCUT2D eigenvalue weighted by Gasteiger charge is -2.36. The zero-order valence-electron chi connectivity index (χ0n) is 9.20. The summed E-state index contributed by atoms with van der Waals surface area (Å²) in [5, 5.41) is 0.805. The first kappa shape index (κ1) is 10.8. The second kappa shape index (κ2) is 3.69. The average Bonchev–Trinajstić information content (AvgIpc) is 2.44. The quantitative estimate of drug-likeness (QED) is 0.795. The first-order valence-electron chi connectivity index (χ1n) is 5.31. The fourth-order valence-corrected chi connectivity index (χ4v) is 2.45. The maximum Gasteiger partial charge on any atom is 0.0639 e. The Morgan fingerprint density at radius 2 is 2.07 bits per heavy atom. The van der Waals surface area contributed by atoms with Crippen molar-refractivity contribution < 1.29 is 0 Å². The summed E-state index contributed by atoms with van der Waals surface area (Å²) in [6.07, 6.45) is 1.03. The molecule has 1 aromatic rings. The minimum absolute atomic E-state index is 0.00894. The molecule has 1 heterocycles. The number of nitrogens with zero attached hydrogens (tertiary/aromatic N) is 1. The van der Waals surface area contributed by atoms with Crippen molar-refractivity contribution in [2.24, 2.45) is 5.73 Å². The van der Waals surface area contributed by atoms with Gasteiger partial charge in [-0.1, -0.05) is 23.7 Å². The third kappa shape index (κ3) is 1.72. The summed E-state index contributed by atoms with van der Waals surface area (Å²) in [5.41, 5.74) is 7.19. The van der Waals surface area contributed by atoms with Gasteiger partial charge in [-0.05, 0) is 32.4 Å². The lowest BCUT2D eigenvalue weighted by atomic mass is 9.96. The van der Waals surface area contributed by atoms with E-state index in [-0.39, 0.29) is 11.6 Å². The average molecular weight is 225 g/mol. The Hall–Kier alpha value is -0.730. The summed E-state index contributed by atoms with van der Waals surface area (Å²) < 4.78 is 0. The number of nitrogens with two attached hydrogens (primary N) is 1. The van der Waals surface area contributed by atoms with E-state index < -0.39 is 0 Å². The van der Waals surface area contributed by atoms with E-state index in [4.69, 9.17) is 17.3 Å². The molecular weight excluding hydrogens is 208 g/mol. The van der Waals surface area contributed by atoms with Crippen molar-refractivity contribution in [2.75, 3.05) is 11.4 Å². The lowest BCUT2D eigenvalue weighted by molar-refractivity contribution is 0.453. The molecule has 15 heavy (non-hydrogen) atoms. The Bertz CT molecular complexity index is 362. The lowest BCUT2D eigenvalue weighted by Crippen LogP contribution is -2.49. The minimum atomic E-state index is -0.00894. The summed E-state index contributed by atoms with van der Waals surface area (Å²) in [6, 6.07) is 8.17. The van der Waals surface area contributed by atoms with Crippen molar-refractivity contribution >= 4 is 17.3 Å².